The lowest BCUT2D eigenvalue weighted by Gasteiger charge is -2.14. The Morgan fingerprint density at radius 2 is 1.94 bits per heavy atom. The Morgan fingerprint density at radius 3 is 2.66 bits per heavy atom. The Hall–Kier alpha value is -2.26. The molecular formula is C22H20Cl2N2O4S2. The molecule has 32 heavy (non-hydrogen) atoms. The van der Waals surface area contributed by atoms with Crippen LogP contribution in [-0.4, -0.2) is 41.8 Å². The number of thioether (sulfide) groups is 1. The SMILES string of the molecule is COc1ccc(C=C2SC(=S)N(CCCC(=O)Nc3cccc(Cl)c3Cl)C2=O)cc1OC. The van der Waals surface area contributed by atoms with E-state index < -0.39 is 0 Å². The maximum atomic E-state index is 12.8. The fraction of sp³-hybridized carbons (Fsp3) is 0.227. The van der Waals surface area contributed by atoms with Crippen LogP contribution >= 0.6 is 47.2 Å². The van der Waals surface area contributed by atoms with Gasteiger partial charge in [-0.15, -0.1) is 0 Å². The molecule has 6 nitrogen and oxygen atoms in total. The Morgan fingerprint density at radius 1 is 1.19 bits per heavy atom. The average Bonchev–Trinajstić information content (AvgIpc) is 3.04. The summed E-state index contributed by atoms with van der Waals surface area (Å²) < 4.78 is 11.0. The van der Waals surface area contributed by atoms with Crippen molar-refractivity contribution in [2.24, 2.45) is 0 Å². The Balaban J connectivity index is 1.58. The molecule has 3 rings (SSSR count). The lowest BCUT2D eigenvalue weighted by Crippen LogP contribution is -2.29. The third-order valence-electron chi connectivity index (χ3n) is 4.59. The molecule has 2 amide bonds. The van der Waals surface area contributed by atoms with Crippen molar-refractivity contribution in [1.29, 1.82) is 0 Å². The van der Waals surface area contributed by atoms with Crippen molar-refractivity contribution in [3.63, 3.8) is 0 Å². The summed E-state index contributed by atoms with van der Waals surface area (Å²) in [6, 6.07) is 10.4. The lowest BCUT2D eigenvalue weighted by atomic mass is 10.2. The van der Waals surface area contributed by atoms with Crippen LogP contribution in [0.3, 0.4) is 0 Å². The van der Waals surface area contributed by atoms with E-state index in [1.165, 1.54) is 16.7 Å². The molecule has 0 atom stereocenters. The van der Waals surface area contributed by atoms with Crippen molar-refractivity contribution >= 4 is 75.1 Å². The number of carbonyl (C=O) groups excluding carboxylic acids is 2. The second-order valence-corrected chi connectivity index (χ2v) is 9.16. The molecule has 0 spiro atoms. The molecule has 168 valence electrons. The van der Waals surface area contributed by atoms with Crippen molar-refractivity contribution in [2.45, 2.75) is 12.8 Å². The van der Waals surface area contributed by atoms with E-state index >= 15 is 0 Å². The topological polar surface area (TPSA) is 67.9 Å². The minimum Gasteiger partial charge on any atom is -0.493 e. The van der Waals surface area contributed by atoms with Gasteiger partial charge in [-0.1, -0.05) is 59.3 Å². The quantitative estimate of drug-likeness (QED) is 0.366. The first-order valence-corrected chi connectivity index (χ1v) is 11.5. The molecule has 1 aliphatic heterocycles. The number of halogens is 2. The number of nitrogens with zero attached hydrogens (tertiary/aromatic N) is 1. The van der Waals surface area contributed by atoms with E-state index in [4.69, 9.17) is 44.9 Å². The predicted octanol–water partition coefficient (Wildman–Crippen LogP) is 5.63. The number of anilines is 1. The van der Waals surface area contributed by atoms with E-state index in [1.807, 2.05) is 6.07 Å². The molecule has 0 aromatic heterocycles. The van der Waals surface area contributed by atoms with E-state index in [1.54, 1.807) is 50.6 Å². The largest absolute Gasteiger partial charge is 0.493 e. The first-order valence-electron chi connectivity index (χ1n) is 9.55. The standard InChI is InChI=1S/C22H20Cl2N2O4S2/c1-29-16-9-8-13(11-17(16)30-2)12-18-21(28)26(22(31)32-18)10-4-7-19(27)25-15-6-3-5-14(23)20(15)24/h3,5-6,8-9,11-12H,4,7,10H2,1-2H3,(H,25,27). The van der Waals surface area contributed by atoms with Gasteiger partial charge in [0.25, 0.3) is 5.91 Å². The zero-order chi connectivity index (χ0) is 23.3. The molecule has 0 radical (unpaired) electrons. The zero-order valence-electron chi connectivity index (χ0n) is 17.3. The summed E-state index contributed by atoms with van der Waals surface area (Å²) >= 11 is 18.6. The van der Waals surface area contributed by atoms with Crippen LogP contribution in [0.1, 0.15) is 18.4 Å². The predicted molar refractivity (Wildman–Crippen MR) is 134 cm³/mol. The van der Waals surface area contributed by atoms with Gasteiger partial charge in [-0.3, -0.25) is 14.5 Å². The number of hydrogen-bond acceptors (Lipinski definition) is 6. The van der Waals surface area contributed by atoms with Gasteiger partial charge in [-0.25, -0.2) is 0 Å². The van der Waals surface area contributed by atoms with Crippen LogP contribution < -0.4 is 14.8 Å². The highest BCUT2D eigenvalue weighted by atomic mass is 35.5. The molecule has 0 bridgehead atoms. The second-order valence-electron chi connectivity index (χ2n) is 6.70. The summed E-state index contributed by atoms with van der Waals surface area (Å²) in [5.41, 5.74) is 1.24. The van der Waals surface area contributed by atoms with Gasteiger partial charge >= 0.3 is 0 Å². The molecule has 2 aromatic carbocycles. The summed E-state index contributed by atoms with van der Waals surface area (Å²) in [5.74, 6) is 0.769. The number of methoxy groups -OCH3 is 2. The molecule has 0 aliphatic carbocycles. The van der Waals surface area contributed by atoms with Crippen molar-refractivity contribution in [3.05, 3.63) is 56.9 Å². The second kappa shape index (κ2) is 11.0. The Bertz CT molecular complexity index is 1090. The van der Waals surface area contributed by atoms with E-state index in [-0.39, 0.29) is 18.2 Å². The molecular weight excluding hydrogens is 491 g/mol. The molecule has 1 N–H and O–H groups in total. The third kappa shape index (κ3) is 5.75. The fourth-order valence-corrected chi connectivity index (χ4v) is 4.65. The molecule has 1 aliphatic rings. The molecule has 0 saturated carbocycles. The van der Waals surface area contributed by atoms with Crippen LogP contribution in [0.15, 0.2) is 41.3 Å². The first-order chi connectivity index (χ1) is 15.3. The highest BCUT2D eigenvalue weighted by molar-refractivity contribution is 8.26. The maximum absolute atomic E-state index is 12.8. The van der Waals surface area contributed by atoms with Gasteiger partial charge in [0.1, 0.15) is 4.32 Å². The van der Waals surface area contributed by atoms with Crippen LogP contribution in [0, 0.1) is 0 Å². The van der Waals surface area contributed by atoms with E-state index in [9.17, 15) is 9.59 Å². The van der Waals surface area contributed by atoms with E-state index in [0.29, 0.717) is 49.4 Å². The number of benzene rings is 2. The monoisotopic (exact) mass is 510 g/mol. The van der Waals surface area contributed by atoms with Crippen molar-refractivity contribution in [2.75, 3.05) is 26.1 Å². The molecule has 1 heterocycles. The van der Waals surface area contributed by atoms with Gasteiger partial charge in [-0.2, -0.15) is 0 Å². The third-order valence-corrected chi connectivity index (χ3v) is 6.79. The highest BCUT2D eigenvalue weighted by Crippen LogP contribution is 2.35. The maximum Gasteiger partial charge on any atom is 0.266 e. The van der Waals surface area contributed by atoms with Crippen LogP contribution in [0.5, 0.6) is 11.5 Å². The highest BCUT2D eigenvalue weighted by Gasteiger charge is 2.31. The number of thiocarbonyl (C=S) groups is 1. The summed E-state index contributed by atoms with van der Waals surface area (Å²) in [4.78, 5) is 27.1. The fourth-order valence-electron chi connectivity index (χ4n) is 3.00. The number of carbonyl (C=O) groups is 2. The van der Waals surface area contributed by atoms with E-state index in [2.05, 4.69) is 5.32 Å². The van der Waals surface area contributed by atoms with Gasteiger partial charge in [0.2, 0.25) is 5.91 Å². The van der Waals surface area contributed by atoms with Crippen molar-refractivity contribution in [1.82, 2.24) is 4.90 Å². The number of amides is 2. The molecule has 1 saturated heterocycles. The zero-order valence-corrected chi connectivity index (χ0v) is 20.5. The minimum atomic E-state index is -0.222. The first kappa shape index (κ1) is 24.4. The van der Waals surface area contributed by atoms with Gasteiger partial charge in [0.15, 0.2) is 11.5 Å². The number of hydrogen-bond donors (Lipinski definition) is 1. The Labute approximate surface area is 205 Å². The summed E-state index contributed by atoms with van der Waals surface area (Å²) in [6.45, 7) is 0.338. The van der Waals surface area contributed by atoms with Crippen LogP contribution in [0.2, 0.25) is 10.0 Å². The number of rotatable bonds is 8. The summed E-state index contributed by atoms with van der Waals surface area (Å²) in [6.07, 6.45) is 2.41. The number of ether oxygens (including phenoxy) is 2. The summed E-state index contributed by atoms with van der Waals surface area (Å²) in [7, 11) is 3.12. The average molecular weight is 511 g/mol. The Kier molecular flexibility index (Phi) is 8.42. The molecule has 1 fully saturated rings. The smallest absolute Gasteiger partial charge is 0.266 e. The van der Waals surface area contributed by atoms with Crippen molar-refractivity contribution in [3.8, 4) is 11.5 Å². The molecule has 10 heteroatoms. The van der Waals surface area contributed by atoms with Gasteiger partial charge < -0.3 is 14.8 Å². The van der Waals surface area contributed by atoms with Crippen LogP contribution in [0.25, 0.3) is 6.08 Å². The van der Waals surface area contributed by atoms with E-state index in [0.717, 1.165) is 5.56 Å². The van der Waals surface area contributed by atoms with Crippen LogP contribution in [-0.2, 0) is 9.59 Å². The van der Waals surface area contributed by atoms with Crippen molar-refractivity contribution < 1.29 is 19.1 Å². The molecule has 2 aromatic rings. The minimum absolute atomic E-state index is 0.187. The van der Waals surface area contributed by atoms with Crippen LogP contribution in [0.4, 0.5) is 5.69 Å². The van der Waals surface area contributed by atoms with Gasteiger partial charge in [0, 0.05) is 13.0 Å². The molecule has 0 unspecified atom stereocenters. The number of nitrogens with one attached hydrogen (secondary N) is 1. The summed E-state index contributed by atoms with van der Waals surface area (Å²) in [5, 5.41) is 3.39. The van der Waals surface area contributed by atoms with Gasteiger partial charge in [-0.05, 0) is 42.3 Å². The lowest BCUT2D eigenvalue weighted by molar-refractivity contribution is -0.122. The van der Waals surface area contributed by atoms with Gasteiger partial charge in [0.05, 0.1) is 34.9 Å². The normalized spacial score (nSPS) is 14.8.